The Hall–Kier alpha value is -3.91. The van der Waals surface area contributed by atoms with Gasteiger partial charge in [0.2, 0.25) is 5.91 Å². The maximum atomic E-state index is 12.8. The SMILES string of the molecule is C[C@@]1(c2ccccc2)CC(=O)N(c2ccc(C#Cc3ccccc3)cn2)C(=O)N1. The van der Waals surface area contributed by atoms with Gasteiger partial charge in [0.1, 0.15) is 5.82 Å². The van der Waals surface area contributed by atoms with Gasteiger partial charge in [-0.05, 0) is 36.8 Å². The van der Waals surface area contributed by atoms with Crippen molar-refractivity contribution in [1.29, 1.82) is 0 Å². The smallest absolute Gasteiger partial charge is 0.328 e. The van der Waals surface area contributed by atoms with Crippen molar-refractivity contribution < 1.29 is 9.59 Å². The Balaban J connectivity index is 1.53. The van der Waals surface area contributed by atoms with Crippen molar-refractivity contribution in [3.63, 3.8) is 0 Å². The highest BCUT2D eigenvalue weighted by atomic mass is 16.2. The second-order valence-electron chi connectivity index (χ2n) is 7.06. The number of urea groups is 1. The highest BCUT2D eigenvalue weighted by Crippen LogP contribution is 2.30. The first-order valence-electron chi connectivity index (χ1n) is 9.29. The number of hydrogen-bond donors (Lipinski definition) is 1. The van der Waals surface area contributed by atoms with Gasteiger partial charge in [0, 0.05) is 17.3 Å². The Labute approximate surface area is 169 Å². The summed E-state index contributed by atoms with van der Waals surface area (Å²) in [5, 5.41) is 2.95. The molecule has 0 aliphatic carbocycles. The van der Waals surface area contributed by atoms with Crippen molar-refractivity contribution in [2.24, 2.45) is 0 Å². The number of pyridine rings is 1. The molecule has 2 heterocycles. The maximum Gasteiger partial charge on any atom is 0.330 e. The number of benzene rings is 2. The fraction of sp³-hybridized carbons (Fsp3) is 0.125. The van der Waals surface area contributed by atoms with Gasteiger partial charge in [-0.3, -0.25) is 4.79 Å². The first-order valence-corrected chi connectivity index (χ1v) is 9.29. The standard InChI is InChI=1S/C24H19N3O2/c1-24(20-10-6-3-7-11-20)16-22(28)27(23(29)26-24)21-15-14-19(17-25-21)13-12-18-8-4-2-5-9-18/h2-11,14-15,17H,16H2,1H3,(H,26,29)/t24-/m0/s1. The minimum Gasteiger partial charge on any atom is -0.328 e. The summed E-state index contributed by atoms with van der Waals surface area (Å²) >= 11 is 0. The van der Waals surface area contributed by atoms with E-state index in [0.29, 0.717) is 5.56 Å². The molecule has 2 aromatic carbocycles. The van der Waals surface area contributed by atoms with Gasteiger partial charge in [-0.15, -0.1) is 0 Å². The molecule has 1 aliphatic heterocycles. The van der Waals surface area contributed by atoms with E-state index in [4.69, 9.17) is 0 Å². The molecule has 0 radical (unpaired) electrons. The van der Waals surface area contributed by atoms with Crippen LogP contribution in [0.2, 0.25) is 0 Å². The Bertz CT molecular complexity index is 1080. The van der Waals surface area contributed by atoms with Crippen molar-refractivity contribution >= 4 is 17.8 Å². The van der Waals surface area contributed by atoms with E-state index in [9.17, 15) is 9.59 Å². The van der Waals surface area contributed by atoms with Crippen molar-refractivity contribution in [3.05, 3.63) is 95.7 Å². The molecule has 1 aromatic heterocycles. The van der Waals surface area contributed by atoms with Crippen LogP contribution in [0.25, 0.3) is 0 Å². The van der Waals surface area contributed by atoms with E-state index >= 15 is 0 Å². The second-order valence-corrected chi connectivity index (χ2v) is 7.06. The van der Waals surface area contributed by atoms with Crippen molar-refractivity contribution in [2.75, 3.05) is 4.90 Å². The molecule has 142 valence electrons. The van der Waals surface area contributed by atoms with E-state index in [2.05, 4.69) is 22.1 Å². The normalized spacial score (nSPS) is 18.6. The lowest BCUT2D eigenvalue weighted by Gasteiger charge is -2.38. The molecule has 5 heteroatoms. The molecule has 0 saturated carbocycles. The Morgan fingerprint density at radius 1 is 0.897 bits per heavy atom. The van der Waals surface area contributed by atoms with Crippen LogP contribution in [0, 0.1) is 11.8 Å². The van der Waals surface area contributed by atoms with Gasteiger partial charge in [-0.2, -0.15) is 0 Å². The molecule has 1 N–H and O–H groups in total. The first-order chi connectivity index (χ1) is 14.0. The van der Waals surface area contributed by atoms with Crippen LogP contribution in [0.4, 0.5) is 10.6 Å². The largest absolute Gasteiger partial charge is 0.330 e. The number of anilines is 1. The molecule has 0 spiro atoms. The monoisotopic (exact) mass is 381 g/mol. The molecule has 1 fully saturated rings. The van der Waals surface area contributed by atoms with Crippen LogP contribution >= 0.6 is 0 Å². The molecule has 3 amide bonds. The predicted molar refractivity (Wildman–Crippen MR) is 111 cm³/mol. The van der Waals surface area contributed by atoms with Crippen molar-refractivity contribution in [3.8, 4) is 11.8 Å². The van der Waals surface area contributed by atoms with Gasteiger partial charge in [0.15, 0.2) is 0 Å². The third kappa shape index (κ3) is 3.87. The molecule has 0 bridgehead atoms. The summed E-state index contributed by atoms with van der Waals surface area (Å²) in [7, 11) is 0. The lowest BCUT2D eigenvalue weighted by molar-refractivity contribution is -0.120. The van der Waals surface area contributed by atoms with Crippen LogP contribution in [-0.4, -0.2) is 16.9 Å². The molecule has 29 heavy (non-hydrogen) atoms. The van der Waals surface area contributed by atoms with Crippen LogP contribution in [0.3, 0.4) is 0 Å². The van der Waals surface area contributed by atoms with E-state index in [1.807, 2.05) is 67.6 Å². The molecule has 1 atom stereocenters. The van der Waals surface area contributed by atoms with Gasteiger partial charge in [0.05, 0.1) is 12.0 Å². The summed E-state index contributed by atoms with van der Waals surface area (Å²) in [6, 6.07) is 22.0. The number of nitrogens with one attached hydrogen (secondary N) is 1. The number of amides is 3. The maximum absolute atomic E-state index is 12.8. The zero-order chi connectivity index (χ0) is 20.3. The Morgan fingerprint density at radius 2 is 1.55 bits per heavy atom. The van der Waals surface area contributed by atoms with E-state index in [0.717, 1.165) is 16.0 Å². The van der Waals surface area contributed by atoms with E-state index < -0.39 is 11.6 Å². The summed E-state index contributed by atoms with van der Waals surface area (Å²) in [6.07, 6.45) is 1.72. The van der Waals surface area contributed by atoms with Crippen LogP contribution in [0.15, 0.2) is 79.0 Å². The van der Waals surface area contributed by atoms with Crippen LogP contribution < -0.4 is 10.2 Å². The number of nitrogens with zero attached hydrogens (tertiary/aromatic N) is 2. The van der Waals surface area contributed by atoms with Crippen molar-refractivity contribution in [1.82, 2.24) is 10.3 Å². The van der Waals surface area contributed by atoms with E-state index in [-0.39, 0.29) is 18.1 Å². The van der Waals surface area contributed by atoms with Gasteiger partial charge in [-0.25, -0.2) is 14.7 Å². The lowest BCUT2D eigenvalue weighted by Crippen LogP contribution is -2.59. The second kappa shape index (κ2) is 7.61. The quantitative estimate of drug-likeness (QED) is 0.686. The minimum absolute atomic E-state index is 0.153. The molecule has 1 saturated heterocycles. The molecule has 5 nitrogen and oxygen atoms in total. The van der Waals surface area contributed by atoms with Gasteiger partial charge in [-0.1, -0.05) is 60.4 Å². The molecule has 3 aromatic rings. The number of rotatable bonds is 2. The average molecular weight is 381 g/mol. The summed E-state index contributed by atoms with van der Waals surface area (Å²) in [5.41, 5.74) is 1.76. The predicted octanol–water partition coefficient (Wildman–Crippen LogP) is 3.84. The first kappa shape index (κ1) is 18.5. The van der Waals surface area contributed by atoms with Gasteiger partial charge in [0.25, 0.3) is 0 Å². The number of imide groups is 1. The number of carbonyl (C=O) groups is 2. The molecular formula is C24H19N3O2. The minimum atomic E-state index is -0.743. The summed E-state index contributed by atoms with van der Waals surface area (Å²) in [4.78, 5) is 30.9. The number of aromatic nitrogens is 1. The summed E-state index contributed by atoms with van der Waals surface area (Å²) in [5.74, 6) is 6.08. The van der Waals surface area contributed by atoms with E-state index in [1.165, 1.54) is 0 Å². The molecule has 0 unspecified atom stereocenters. The molecule has 1 aliphatic rings. The van der Waals surface area contributed by atoms with Crippen LogP contribution in [-0.2, 0) is 10.3 Å². The van der Waals surface area contributed by atoms with Crippen LogP contribution in [0.1, 0.15) is 30.0 Å². The topological polar surface area (TPSA) is 62.3 Å². The third-order valence-electron chi connectivity index (χ3n) is 4.85. The zero-order valence-corrected chi connectivity index (χ0v) is 15.9. The number of carbonyl (C=O) groups excluding carboxylic acids is 2. The van der Waals surface area contributed by atoms with Gasteiger partial charge < -0.3 is 5.32 Å². The number of hydrogen-bond acceptors (Lipinski definition) is 3. The molecule has 4 rings (SSSR count). The van der Waals surface area contributed by atoms with Crippen LogP contribution in [0.5, 0.6) is 0 Å². The van der Waals surface area contributed by atoms with Crippen molar-refractivity contribution in [2.45, 2.75) is 18.9 Å². The van der Waals surface area contributed by atoms with Gasteiger partial charge >= 0.3 is 6.03 Å². The van der Waals surface area contributed by atoms with E-state index in [1.54, 1.807) is 18.3 Å². The zero-order valence-electron chi connectivity index (χ0n) is 15.9. The lowest BCUT2D eigenvalue weighted by atomic mass is 9.86. The Kier molecular flexibility index (Phi) is 4.84. The molecular weight excluding hydrogens is 362 g/mol. The summed E-state index contributed by atoms with van der Waals surface area (Å²) in [6.45, 7) is 1.85. The Morgan fingerprint density at radius 3 is 2.17 bits per heavy atom. The fourth-order valence-corrected chi connectivity index (χ4v) is 3.30. The fourth-order valence-electron chi connectivity index (χ4n) is 3.30. The average Bonchev–Trinajstić information content (AvgIpc) is 2.74. The summed E-state index contributed by atoms with van der Waals surface area (Å²) < 4.78 is 0. The highest BCUT2D eigenvalue weighted by molar-refractivity contribution is 6.16. The highest BCUT2D eigenvalue weighted by Gasteiger charge is 2.42. The third-order valence-corrected chi connectivity index (χ3v) is 4.85.